The van der Waals surface area contributed by atoms with Crippen molar-refractivity contribution in [2.45, 2.75) is 56.0 Å². The van der Waals surface area contributed by atoms with Crippen LogP contribution < -0.4 is 10.6 Å². The van der Waals surface area contributed by atoms with Crippen LogP contribution in [-0.4, -0.2) is 73.1 Å². The first-order valence-electron chi connectivity index (χ1n) is 11.8. The van der Waals surface area contributed by atoms with Crippen molar-refractivity contribution in [1.82, 2.24) is 15.4 Å². The van der Waals surface area contributed by atoms with Gasteiger partial charge in [-0.15, -0.1) is 0 Å². The van der Waals surface area contributed by atoms with E-state index >= 15 is 0 Å². The van der Waals surface area contributed by atoms with Gasteiger partial charge in [0.05, 0.1) is 23.5 Å². The van der Waals surface area contributed by atoms with E-state index in [4.69, 9.17) is 14.0 Å². The van der Waals surface area contributed by atoms with Crippen molar-refractivity contribution in [2.75, 3.05) is 44.8 Å². The van der Waals surface area contributed by atoms with Crippen LogP contribution in [0.25, 0.3) is 11.0 Å². The van der Waals surface area contributed by atoms with Crippen molar-refractivity contribution >= 4 is 22.7 Å². The number of halogens is 3. The lowest BCUT2D eigenvalue weighted by Gasteiger charge is -2.30. The standard InChI is InChI=1S/C23H29F3N4O4/c24-23(25,26)15-4-5-18-17(11-15)21(29-34-18)27-12-20(31)28-19-13-30(14-22(19)7-2-9-33-22)16-3-1-8-32-10-6-16/h4-5,11,16,19H,1-3,6-10,12-14H2,(H,27,29)(H,28,31)/t16?,19?,22-/m0/s1. The average Bonchev–Trinajstić information content (AvgIpc) is 3.46. The Morgan fingerprint density at radius 2 is 2.09 bits per heavy atom. The number of hydrogen-bond acceptors (Lipinski definition) is 7. The van der Waals surface area contributed by atoms with Crippen LogP contribution in [0.15, 0.2) is 22.7 Å². The predicted molar refractivity (Wildman–Crippen MR) is 117 cm³/mol. The molecule has 4 heterocycles. The van der Waals surface area contributed by atoms with Crippen molar-refractivity contribution in [3.63, 3.8) is 0 Å². The van der Waals surface area contributed by atoms with Gasteiger partial charge in [-0.2, -0.15) is 13.2 Å². The molecule has 2 N–H and O–H groups in total. The number of nitrogens with zero attached hydrogens (tertiary/aromatic N) is 2. The van der Waals surface area contributed by atoms with E-state index in [0.717, 1.165) is 64.0 Å². The number of carbonyl (C=O) groups excluding carboxylic acids is 1. The third kappa shape index (κ3) is 4.73. The second-order valence-electron chi connectivity index (χ2n) is 9.36. The maximum absolute atomic E-state index is 13.1. The molecule has 186 valence electrons. The van der Waals surface area contributed by atoms with Gasteiger partial charge in [-0.3, -0.25) is 9.69 Å². The summed E-state index contributed by atoms with van der Waals surface area (Å²) in [4.78, 5) is 15.2. The summed E-state index contributed by atoms with van der Waals surface area (Å²) in [5.74, 6) is -0.163. The van der Waals surface area contributed by atoms with Crippen molar-refractivity contribution in [3.8, 4) is 0 Å². The van der Waals surface area contributed by atoms with Crippen LogP contribution in [0, 0.1) is 0 Å². The van der Waals surface area contributed by atoms with Crippen LogP contribution in [0.4, 0.5) is 19.0 Å². The number of hydrogen-bond donors (Lipinski definition) is 2. The fourth-order valence-electron chi connectivity index (χ4n) is 5.40. The van der Waals surface area contributed by atoms with E-state index in [-0.39, 0.29) is 35.3 Å². The molecule has 0 saturated carbocycles. The van der Waals surface area contributed by atoms with Gasteiger partial charge >= 0.3 is 6.18 Å². The van der Waals surface area contributed by atoms with E-state index in [0.29, 0.717) is 19.2 Å². The van der Waals surface area contributed by atoms with Crippen LogP contribution in [0.5, 0.6) is 0 Å². The highest BCUT2D eigenvalue weighted by Crippen LogP contribution is 2.37. The molecule has 2 aromatic rings. The first kappa shape index (κ1) is 23.4. The van der Waals surface area contributed by atoms with Crippen LogP contribution >= 0.6 is 0 Å². The Kier molecular flexibility index (Phi) is 6.43. The molecule has 8 nitrogen and oxygen atoms in total. The molecule has 3 fully saturated rings. The maximum atomic E-state index is 13.1. The number of ether oxygens (including phenoxy) is 2. The number of alkyl halides is 3. The zero-order valence-electron chi connectivity index (χ0n) is 18.8. The topological polar surface area (TPSA) is 88.9 Å². The summed E-state index contributed by atoms with van der Waals surface area (Å²) >= 11 is 0. The first-order valence-corrected chi connectivity index (χ1v) is 11.8. The number of likely N-dealkylation sites (tertiary alicyclic amines) is 1. The van der Waals surface area contributed by atoms with E-state index in [1.54, 1.807) is 0 Å². The zero-order valence-corrected chi connectivity index (χ0v) is 18.8. The Balaban J connectivity index is 1.24. The van der Waals surface area contributed by atoms with E-state index < -0.39 is 17.3 Å². The van der Waals surface area contributed by atoms with Crippen molar-refractivity contribution in [1.29, 1.82) is 0 Å². The molecule has 0 radical (unpaired) electrons. The number of carbonyl (C=O) groups is 1. The van der Waals surface area contributed by atoms with E-state index in [1.807, 2.05) is 0 Å². The van der Waals surface area contributed by atoms with Gasteiger partial charge in [0.1, 0.15) is 5.60 Å². The zero-order chi connectivity index (χ0) is 23.8. The monoisotopic (exact) mass is 482 g/mol. The van der Waals surface area contributed by atoms with E-state index in [2.05, 4.69) is 20.7 Å². The van der Waals surface area contributed by atoms with Crippen LogP contribution in [0.2, 0.25) is 0 Å². The molecular formula is C23H29F3N4O4. The first-order chi connectivity index (χ1) is 16.3. The highest BCUT2D eigenvalue weighted by atomic mass is 19.4. The number of fused-ring (bicyclic) bond motifs is 1. The summed E-state index contributed by atoms with van der Waals surface area (Å²) in [6, 6.07) is 3.39. The van der Waals surface area contributed by atoms with Gasteiger partial charge in [-0.1, -0.05) is 5.16 Å². The number of anilines is 1. The minimum atomic E-state index is -4.48. The van der Waals surface area contributed by atoms with Gasteiger partial charge in [-0.05, 0) is 50.3 Å². The summed E-state index contributed by atoms with van der Waals surface area (Å²) in [6.45, 7) is 3.57. The third-order valence-electron chi connectivity index (χ3n) is 7.14. The lowest BCUT2D eigenvalue weighted by atomic mass is 9.94. The molecule has 11 heteroatoms. The molecule has 3 aliphatic heterocycles. The fourth-order valence-corrected chi connectivity index (χ4v) is 5.40. The number of benzene rings is 1. The lowest BCUT2D eigenvalue weighted by molar-refractivity contribution is -0.137. The highest BCUT2D eigenvalue weighted by molar-refractivity contribution is 5.90. The molecule has 34 heavy (non-hydrogen) atoms. The second kappa shape index (κ2) is 9.35. The minimum Gasteiger partial charge on any atom is -0.381 e. The molecule has 3 atom stereocenters. The predicted octanol–water partition coefficient (Wildman–Crippen LogP) is 3.18. The van der Waals surface area contributed by atoms with Crippen molar-refractivity contribution < 1.29 is 32.0 Å². The molecule has 0 bridgehead atoms. The largest absolute Gasteiger partial charge is 0.416 e. The van der Waals surface area contributed by atoms with Crippen molar-refractivity contribution in [3.05, 3.63) is 23.8 Å². The van der Waals surface area contributed by atoms with Crippen LogP contribution in [-0.2, 0) is 20.4 Å². The maximum Gasteiger partial charge on any atom is 0.416 e. The molecule has 3 saturated heterocycles. The Bertz CT molecular complexity index is 1010. The molecule has 3 aliphatic rings. The lowest BCUT2D eigenvalue weighted by Crippen LogP contribution is -2.52. The van der Waals surface area contributed by atoms with Crippen LogP contribution in [0.3, 0.4) is 0 Å². The molecule has 1 spiro atoms. The molecule has 1 aromatic carbocycles. The minimum absolute atomic E-state index is 0.106. The highest BCUT2D eigenvalue weighted by Gasteiger charge is 2.51. The normalized spacial score (nSPS) is 28.4. The van der Waals surface area contributed by atoms with Gasteiger partial charge < -0.3 is 24.6 Å². The summed E-state index contributed by atoms with van der Waals surface area (Å²) in [5.41, 5.74) is -0.982. The van der Waals surface area contributed by atoms with Gasteiger partial charge in [-0.25, -0.2) is 0 Å². The molecule has 5 rings (SSSR count). The summed E-state index contributed by atoms with van der Waals surface area (Å²) in [7, 11) is 0. The Morgan fingerprint density at radius 3 is 2.88 bits per heavy atom. The van der Waals surface area contributed by atoms with Gasteiger partial charge in [0.15, 0.2) is 11.4 Å². The fraction of sp³-hybridized carbons (Fsp3) is 0.652. The molecule has 1 aromatic heterocycles. The quantitative estimate of drug-likeness (QED) is 0.677. The Hall–Kier alpha value is -2.37. The average molecular weight is 483 g/mol. The SMILES string of the molecule is O=C(CNc1noc2ccc(C(F)(F)F)cc12)NC1CN(C2CCCOCC2)C[C@@]12CCCO2. The third-order valence-corrected chi connectivity index (χ3v) is 7.14. The van der Waals surface area contributed by atoms with E-state index in [1.165, 1.54) is 6.07 Å². The Labute approximate surface area is 195 Å². The molecule has 2 unspecified atom stereocenters. The molecule has 0 aliphatic carbocycles. The number of amides is 1. The second-order valence-corrected chi connectivity index (χ2v) is 9.36. The van der Waals surface area contributed by atoms with Gasteiger partial charge in [0.2, 0.25) is 5.91 Å². The van der Waals surface area contributed by atoms with Crippen LogP contribution in [0.1, 0.15) is 37.7 Å². The van der Waals surface area contributed by atoms with E-state index in [9.17, 15) is 18.0 Å². The summed E-state index contributed by atoms with van der Waals surface area (Å²) in [5, 5.41) is 9.91. The Morgan fingerprint density at radius 1 is 1.21 bits per heavy atom. The van der Waals surface area contributed by atoms with Gasteiger partial charge in [0.25, 0.3) is 0 Å². The molecular weight excluding hydrogens is 453 g/mol. The van der Waals surface area contributed by atoms with Crippen molar-refractivity contribution in [2.24, 2.45) is 0 Å². The number of aromatic nitrogens is 1. The number of rotatable bonds is 5. The smallest absolute Gasteiger partial charge is 0.381 e. The summed E-state index contributed by atoms with van der Waals surface area (Å²) < 4.78 is 56.1. The summed E-state index contributed by atoms with van der Waals surface area (Å²) in [6.07, 6.45) is 0.429. The number of nitrogens with one attached hydrogen (secondary N) is 2. The van der Waals surface area contributed by atoms with Gasteiger partial charge in [0, 0.05) is 39.0 Å². The molecule has 1 amide bonds.